The van der Waals surface area contributed by atoms with Gasteiger partial charge in [0.1, 0.15) is 5.58 Å². The highest BCUT2D eigenvalue weighted by Gasteiger charge is 2.16. The van der Waals surface area contributed by atoms with Crippen LogP contribution in [0.1, 0.15) is 0 Å². The maximum absolute atomic E-state index is 5.76. The lowest BCUT2D eigenvalue weighted by Gasteiger charge is -2.11. The summed E-state index contributed by atoms with van der Waals surface area (Å²) in [7, 11) is 0. The molecule has 0 bridgehead atoms. The largest absolute Gasteiger partial charge is 0.464 e. The van der Waals surface area contributed by atoms with E-state index in [9.17, 15) is 0 Å². The first-order valence-corrected chi connectivity index (χ1v) is 13.3. The van der Waals surface area contributed by atoms with E-state index in [0.29, 0.717) is 5.82 Å². The third-order valence-electron chi connectivity index (χ3n) is 7.51. The first kappa shape index (κ1) is 22.5. The Hall–Kier alpha value is -5.48. The Morgan fingerprint density at radius 1 is 0.500 bits per heavy atom. The number of para-hydroxylation sites is 1. The van der Waals surface area contributed by atoms with E-state index in [2.05, 4.69) is 102 Å². The maximum atomic E-state index is 5.76. The summed E-state index contributed by atoms with van der Waals surface area (Å²) < 4.78 is 8.08. The van der Waals surface area contributed by atoms with Crippen molar-refractivity contribution in [3.05, 3.63) is 140 Å². The van der Waals surface area contributed by atoms with E-state index in [1.54, 1.807) is 6.26 Å². The standard InChI is InChI=1S/C36H23N3O/c1-3-9-24(10-4-1)31-23-32(25-11-5-2-6-12-25)38-36(37-31)26-15-17-27(18-16-26)39-33-14-8-7-13-28(33)29-19-20-34-30(35(29)39)21-22-40-34/h1-23H. The minimum Gasteiger partial charge on any atom is -0.464 e. The smallest absolute Gasteiger partial charge is 0.160 e. The summed E-state index contributed by atoms with van der Waals surface area (Å²) in [6, 6.07) is 45.9. The molecule has 0 fully saturated rings. The molecular formula is C36H23N3O. The molecule has 8 rings (SSSR count). The summed E-state index contributed by atoms with van der Waals surface area (Å²) in [6.07, 6.45) is 1.76. The topological polar surface area (TPSA) is 43.9 Å². The number of benzene rings is 5. The molecule has 188 valence electrons. The van der Waals surface area contributed by atoms with Gasteiger partial charge in [-0.3, -0.25) is 0 Å². The number of hydrogen-bond donors (Lipinski definition) is 0. The van der Waals surface area contributed by atoms with Crippen molar-refractivity contribution in [1.82, 2.24) is 14.5 Å². The molecule has 0 atom stereocenters. The predicted octanol–water partition coefficient (Wildman–Crippen LogP) is 9.32. The van der Waals surface area contributed by atoms with Crippen LogP contribution in [0.4, 0.5) is 0 Å². The third-order valence-corrected chi connectivity index (χ3v) is 7.51. The summed E-state index contributed by atoms with van der Waals surface area (Å²) in [5.74, 6) is 0.700. The predicted molar refractivity (Wildman–Crippen MR) is 162 cm³/mol. The van der Waals surface area contributed by atoms with E-state index in [1.165, 1.54) is 10.8 Å². The van der Waals surface area contributed by atoms with Crippen LogP contribution in [0.15, 0.2) is 144 Å². The van der Waals surface area contributed by atoms with E-state index >= 15 is 0 Å². The summed E-state index contributed by atoms with van der Waals surface area (Å²) in [5.41, 5.74) is 9.16. The molecule has 5 aromatic carbocycles. The van der Waals surface area contributed by atoms with Crippen molar-refractivity contribution in [2.45, 2.75) is 0 Å². The van der Waals surface area contributed by atoms with Crippen molar-refractivity contribution in [2.24, 2.45) is 0 Å². The minimum atomic E-state index is 0.700. The Morgan fingerprint density at radius 3 is 1.85 bits per heavy atom. The zero-order valence-corrected chi connectivity index (χ0v) is 21.5. The average Bonchev–Trinajstić information content (AvgIpc) is 3.65. The molecule has 0 aliphatic heterocycles. The van der Waals surface area contributed by atoms with Crippen LogP contribution in [0.25, 0.3) is 72.4 Å². The maximum Gasteiger partial charge on any atom is 0.160 e. The highest BCUT2D eigenvalue weighted by atomic mass is 16.3. The monoisotopic (exact) mass is 513 g/mol. The number of aromatic nitrogens is 3. The first-order valence-electron chi connectivity index (χ1n) is 13.3. The normalized spacial score (nSPS) is 11.5. The van der Waals surface area contributed by atoms with Gasteiger partial charge in [0, 0.05) is 38.5 Å². The van der Waals surface area contributed by atoms with Crippen LogP contribution < -0.4 is 0 Å². The molecule has 0 amide bonds. The fraction of sp³-hybridized carbons (Fsp3) is 0. The summed E-state index contributed by atoms with van der Waals surface area (Å²) >= 11 is 0. The quantitative estimate of drug-likeness (QED) is 0.235. The molecule has 4 nitrogen and oxygen atoms in total. The number of fused-ring (bicyclic) bond motifs is 5. The molecule has 0 radical (unpaired) electrons. The van der Waals surface area contributed by atoms with Crippen LogP contribution >= 0.6 is 0 Å². The van der Waals surface area contributed by atoms with Crippen molar-refractivity contribution in [3.63, 3.8) is 0 Å². The van der Waals surface area contributed by atoms with Gasteiger partial charge in [0.25, 0.3) is 0 Å². The molecule has 0 saturated heterocycles. The van der Waals surface area contributed by atoms with Crippen molar-refractivity contribution in [2.75, 3.05) is 0 Å². The molecule has 0 aliphatic rings. The van der Waals surface area contributed by atoms with Crippen molar-refractivity contribution >= 4 is 32.8 Å². The van der Waals surface area contributed by atoms with Crippen molar-refractivity contribution < 1.29 is 4.42 Å². The molecule has 3 aromatic heterocycles. The van der Waals surface area contributed by atoms with E-state index in [1.807, 2.05) is 36.4 Å². The van der Waals surface area contributed by atoms with Gasteiger partial charge in [-0.15, -0.1) is 0 Å². The molecule has 0 aliphatic carbocycles. The van der Waals surface area contributed by atoms with Gasteiger partial charge in [0.15, 0.2) is 5.82 Å². The van der Waals surface area contributed by atoms with Gasteiger partial charge < -0.3 is 8.98 Å². The molecule has 0 spiro atoms. The van der Waals surface area contributed by atoms with Crippen LogP contribution in [0.3, 0.4) is 0 Å². The van der Waals surface area contributed by atoms with E-state index in [-0.39, 0.29) is 0 Å². The second kappa shape index (κ2) is 9.07. The van der Waals surface area contributed by atoms with Gasteiger partial charge in [0.05, 0.1) is 28.7 Å². The Kier molecular flexibility index (Phi) is 5.10. The summed E-state index contributed by atoms with van der Waals surface area (Å²) in [5, 5.41) is 3.53. The second-order valence-corrected chi connectivity index (χ2v) is 9.89. The highest BCUT2D eigenvalue weighted by molar-refractivity contribution is 6.17. The summed E-state index contributed by atoms with van der Waals surface area (Å²) in [6.45, 7) is 0. The number of hydrogen-bond acceptors (Lipinski definition) is 3. The lowest BCUT2D eigenvalue weighted by atomic mass is 10.1. The lowest BCUT2D eigenvalue weighted by Crippen LogP contribution is -1.97. The molecular weight excluding hydrogens is 490 g/mol. The molecule has 0 unspecified atom stereocenters. The Bertz CT molecular complexity index is 2080. The van der Waals surface area contributed by atoms with Crippen LogP contribution in [-0.4, -0.2) is 14.5 Å². The van der Waals surface area contributed by atoms with Gasteiger partial charge in [0.2, 0.25) is 0 Å². The minimum absolute atomic E-state index is 0.700. The SMILES string of the molecule is c1ccc(-c2cc(-c3ccccc3)nc(-c3ccc(-n4c5ccccc5c5ccc6occc6c54)cc3)n2)cc1. The van der Waals surface area contributed by atoms with Gasteiger partial charge in [-0.1, -0.05) is 78.9 Å². The van der Waals surface area contributed by atoms with Gasteiger partial charge >= 0.3 is 0 Å². The molecule has 40 heavy (non-hydrogen) atoms. The van der Waals surface area contributed by atoms with E-state index < -0.39 is 0 Å². The van der Waals surface area contributed by atoms with Crippen LogP contribution in [-0.2, 0) is 0 Å². The molecule has 8 aromatic rings. The highest BCUT2D eigenvalue weighted by Crippen LogP contribution is 2.37. The lowest BCUT2D eigenvalue weighted by molar-refractivity contribution is 0.616. The Morgan fingerprint density at radius 2 is 1.15 bits per heavy atom. The Balaban J connectivity index is 1.30. The van der Waals surface area contributed by atoms with Crippen molar-refractivity contribution in [3.8, 4) is 39.6 Å². The van der Waals surface area contributed by atoms with Crippen molar-refractivity contribution in [1.29, 1.82) is 0 Å². The fourth-order valence-corrected chi connectivity index (χ4v) is 5.62. The van der Waals surface area contributed by atoms with E-state index in [0.717, 1.165) is 55.8 Å². The van der Waals surface area contributed by atoms with Crippen LogP contribution in [0, 0.1) is 0 Å². The Labute approximate surface area is 230 Å². The zero-order valence-electron chi connectivity index (χ0n) is 21.5. The average molecular weight is 514 g/mol. The van der Waals surface area contributed by atoms with Gasteiger partial charge in [-0.05, 0) is 54.6 Å². The number of nitrogens with zero attached hydrogens (tertiary/aromatic N) is 3. The molecule has 0 saturated carbocycles. The van der Waals surface area contributed by atoms with Gasteiger partial charge in [-0.25, -0.2) is 9.97 Å². The third kappa shape index (κ3) is 3.62. The zero-order chi connectivity index (χ0) is 26.5. The number of rotatable bonds is 4. The second-order valence-electron chi connectivity index (χ2n) is 9.89. The van der Waals surface area contributed by atoms with Crippen LogP contribution in [0.5, 0.6) is 0 Å². The first-order chi connectivity index (χ1) is 19.8. The molecule has 0 N–H and O–H groups in total. The molecule has 4 heteroatoms. The van der Waals surface area contributed by atoms with Crippen LogP contribution in [0.2, 0.25) is 0 Å². The molecule has 3 heterocycles. The summed E-state index contributed by atoms with van der Waals surface area (Å²) in [4.78, 5) is 9.99. The fourth-order valence-electron chi connectivity index (χ4n) is 5.62. The number of furan rings is 1. The van der Waals surface area contributed by atoms with E-state index in [4.69, 9.17) is 14.4 Å². The van der Waals surface area contributed by atoms with Gasteiger partial charge in [-0.2, -0.15) is 0 Å².